The molecular formula is C14H21Cl2N3OS. The van der Waals surface area contributed by atoms with Gasteiger partial charge >= 0.3 is 0 Å². The van der Waals surface area contributed by atoms with Crippen LogP contribution in [0.1, 0.15) is 24.4 Å². The number of hydrogen-bond donors (Lipinski definition) is 1. The van der Waals surface area contributed by atoms with Crippen LogP contribution in [0.15, 0.2) is 24.3 Å². The summed E-state index contributed by atoms with van der Waals surface area (Å²) in [6.45, 7) is 2.73. The van der Waals surface area contributed by atoms with Crippen LogP contribution in [0.25, 0.3) is 10.2 Å². The van der Waals surface area contributed by atoms with Crippen LogP contribution in [0.5, 0.6) is 0 Å². The standard InChI is InChI=1S/C14H19N3OS.2ClH/c1-10(17(3)13(18)8-9-15-2)14-16-11-6-4-5-7-12(11)19-14;;/h4-7,10,15H,8-9H2,1-3H3;2*1H. The number of nitrogens with zero attached hydrogens (tertiary/aromatic N) is 2. The Bertz CT molecular complexity index is 543. The van der Waals surface area contributed by atoms with Gasteiger partial charge in [0, 0.05) is 20.0 Å². The fourth-order valence-corrected chi connectivity index (χ4v) is 2.92. The van der Waals surface area contributed by atoms with E-state index in [2.05, 4.69) is 16.4 Å². The van der Waals surface area contributed by atoms with E-state index < -0.39 is 0 Å². The van der Waals surface area contributed by atoms with Crippen molar-refractivity contribution < 1.29 is 4.79 Å². The van der Waals surface area contributed by atoms with Gasteiger partial charge in [0.1, 0.15) is 5.01 Å². The van der Waals surface area contributed by atoms with E-state index in [1.807, 2.05) is 39.2 Å². The Morgan fingerprint density at radius 1 is 1.38 bits per heavy atom. The zero-order valence-corrected chi connectivity index (χ0v) is 14.8. The molecule has 4 nitrogen and oxygen atoms in total. The molecule has 0 aliphatic heterocycles. The van der Waals surface area contributed by atoms with E-state index in [9.17, 15) is 4.79 Å². The Kier molecular flexibility index (Phi) is 8.82. The highest BCUT2D eigenvalue weighted by molar-refractivity contribution is 7.18. The quantitative estimate of drug-likeness (QED) is 0.900. The van der Waals surface area contributed by atoms with E-state index in [0.29, 0.717) is 13.0 Å². The summed E-state index contributed by atoms with van der Waals surface area (Å²) >= 11 is 1.65. The van der Waals surface area contributed by atoms with Crippen LogP contribution in [0.2, 0.25) is 0 Å². The lowest BCUT2D eigenvalue weighted by molar-refractivity contribution is -0.131. The lowest BCUT2D eigenvalue weighted by Crippen LogP contribution is -2.31. The first-order valence-electron chi connectivity index (χ1n) is 6.39. The smallest absolute Gasteiger partial charge is 0.224 e. The highest BCUT2D eigenvalue weighted by Gasteiger charge is 2.19. The van der Waals surface area contributed by atoms with Gasteiger partial charge in [0.15, 0.2) is 0 Å². The molecule has 2 rings (SSSR count). The van der Waals surface area contributed by atoms with E-state index in [0.717, 1.165) is 10.5 Å². The largest absolute Gasteiger partial charge is 0.337 e. The molecule has 118 valence electrons. The van der Waals surface area contributed by atoms with Crippen molar-refractivity contribution in [2.24, 2.45) is 0 Å². The van der Waals surface area contributed by atoms with Gasteiger partial charge in [-0.25, -0.2) is 4.98 Å². The molecule has 1 N–H and O–H groups in total. The summed E-state index contributed by atoms with van der Waals surface area (Å²) in [5.41, 5.74) is 1.01. The first kappa shape index (κ1) is 20.1. The molecular weight excluding hydrogens is 329 g/mol. The molecule has 1 atom stereocenters. The Labute approximate surface area is 141 Å². The number of para-hydroxylation sites is 1. The summed E-state index contributed by atoms with van der Waals surface area (Å²) in [5, 5.41) is 3.98. The van der Waals surface area contributed by atoms with E-state index in [4.69, 9.17) is 0 Å². The van der Waals surface area contributed by atoms with Crippen LogP contribution in [-0.2, 0) is 4.79 Å². The number of carbonyl (C=O) groups excluding carboxylic acids is 1. The molecule has 2 aromatic rings. The third-order valence-corrected chi connectivity index (χ3v) is 4.44. The van der Waals surface area contributed by atoms with Gasteiger partial charge in [-0.05, 0) is 26.1 Å². The monoisotopic (exact) mass is 349 g/mol. The number of thiazole rings is 1. The molecule has 0 radical (unpaired) electrons. The van der Waals surface area contributed by atoms with Crippen molar-refractivity contribution in [2.45, 2.75) is 19.4 Å². The number of hydrogen-bond acceptors (Lipinski definition) is 4. The molecule has 0 fully saturated rings. The predicted octanol–water partition coefficient (Wildman–Crippen LogP) is 3.27. The second-order valence-electron chi connectivity index (χ2n) is 4.55. The van der Waals surface area contributed by atoms with Gasteiger partial charge in [0.05, 0.1) is 16.3 Å². The average molecular weight is 350 g/mol. The molecule has 0 bridgehead atoms. The van der Waals surface area contributed by atoms with Crippen LogP contribution >= 0.6 is 36.2 Å². The molecule has 0 spiro atoms. The van der Waals surface area contributed by atoms with Gasteiger partial charge in [0.25, 0.3) is 0 Å². The molecule has 0 aliphatic rings. The van der Waals surface area contributed by atoms with Crippen LogP contribution < -0.4 is 5.32 Å². The molecule has 21 heavy (non-hydrogen) atoms. The van der Waals surface area contributed by atoms with Crippen molar-refractivity contribution in [1.82, 2.24) is 15.2 Å². The maximum Gasteiger partial charge on any atom is 0.224 e. The number of nitrogens with one attached hydrogen (secondary N) is 1. The van der Waals surface area contributed by atoms with Gasteiger partial charge in [-0.1, -0.05) is 12.1 Å². The SMILES string of the molecule is CNCCC(=O)N(C)C(C)c1nc2ccccc2s1.Cl.Cl. The van der Waals surface area contributed by atoms with Crippen molar-refractivity contribution in [3.05, 3.63) is 29.3 Å². The lowest BCUT2D eigenvalue weighted by atomic mass is 10.2. The molecule has 0 saturated carbocycles. The fourth-order valence-electron chi connectivity index (χ4n) is 1.86. The number of halogens is 2. The van der Waals surface area contributed by atoms with Gasteiger partial charge in [0.2, 0.25) is 5.91 Å². The number of fused-ring (bicyclic) bond motifs is 1. The number of aromatic nitrogens is 1. The Balaban J connectivity index is 0.00000200. The minimum atomic E-state index is 0. The summed E-state index contributed by atoms with van der Waals surface area (Å²) in [6, 6.07) is 8.08. The molecule has 1 aromatic heterocycles. The zero-order chi connectivity index (χ0) is 13.8. The van der Waals surface area contributed by atoms with E-state index in [1.54, 1.807) is 16.2 Å². The minimum absolute atomic E-state index is 0. The number of rotatable bonds is 5. The fraction of sp³-hybridized carbons (Fsp3) is 0.429. The van der Waals surface area contributed by atoms with Crippen molar-refractivity contribution in [2.75, 3.05) is 20.6 Å². The Hall–Kier alpha value is -0.880. The topological polar surface area (TPSA) is 45.2 Å². The van der Waals surface area contributed by atoms with E-state index in [1.165, 1.54) is 4.70 Å². The lowest BCUT2D eigenvalue weighted by Gasteiger charge is -2.23. The van der Waals surface area contributed by atoms with Crippen molar-refractivity contribution in [1.29, 1.82) is 0 Å². The minimum Gasteiger partial charge on any atom is -0.337 e. The third kappa shape index (κ3) is 4.81. The zero-order valence-electron chi connectivity index (χ0n) is 12.3. The normalized spacial score (nSPS) is 11.4. The summed E-state index contributed by atoms with van der Waals surface area (Å²) in [7, 11) is 3.69. The van der Waals surface area contributed by atoms with Crippen LogP contribution in [0, 0.1) is 0 Å². The van der Waals surface area contributed by atoms with Crippen LogP contribution in [0.4, 0.5) is 0 Å². The number of benzene rings is 1. The second kappa shape index (κ2) is 9.20. The predicted molar refractivity (Wildman–Crippen MR) is 93.8 cm³/mol. The maximum atomic E-state index is 12.0. The van der Waals surface area contributed by atoms with Crippen molar-refractivity contribution in [3.8, 4) is 0 Å². The summed E-state index contributed by atoms with van der Waals surface area (Å²) in [4.78, 5) is 18.4. The summed E-state index contributed by atoms with van der Waals surface area (Å²) < 4.78 is 1.17. The van der Waals surface area contributed by atoms with Crippen molar-refractivity contribution >= 4 is 52.3 Å². The number of carbonyl (C=O) groups is 1. The highest BCUT2D eigenvalue weighted by Crippen LogP contribution is 2.28. The first-order chi connectivity index (χ1) is 9.13. The average Bonchev–Trinajstić information content (AvgIpc) is 2.86. The van der Waals surface area contributed by atoms with Gasteiger partial charge in [-0.3, -0.25) is 4.79 Å². The molecule has 0 saturated heterocycles. The first-order valence-corrected chi connectivity index (χ1v) is 7.21. The maximum absolute atomic E-state index is 12.0. The third-order valence-electron chi connectivity index (χ3n) is 3.23. The highest BCUT2D eigenvalue weighted by atomic mass is 35.5. The molecule has 1 amide bonds. The van der Waals surface area contributed by atoms with Crippen LogP contribution in [0.3, 0.4) is 0 Å². The van der Waals surface area contributed by atoms with Gasteiger partial charge < -0.3 is 10.2 Å². The molecule has 1 aromatic carbocycles. The second-order valence-corrected chi connectivity index (χ2v) is 5.62. The summed E-state index contributed by atoms with van der Waals surface area (Å²) in [5.74, 6) is 0.140. The van der Waals surface area contributed by atoms with E-state index in [-0.39, 0.29) is 36.8 Å². The molecule has 7 heteroatoms. The molecule has 1 unspecified atom stereocenters. The summed E-state index contributed by atoms with van der Waals surface area (Å²) in [6.07, 6.45) is 0.516. The molecule has 1 heterocycles. The van der Waals surface area contributed by atoms with Gasteiger partial charge in [-0.2, -0.15) is 0 Å². The van der Waals surface area contributed by atoms with Gasteiger partial charge in [-0.15, -0.1) is 36.2 Å². The van der Waals surface area contributed by atoms with Crippen LogP contribution in [-0.4, -0.2) is 36.4 Å². The molecule has 0 aliphatic carbocycles. The Morgan fingerprint density at radius 3 is 2.67 bits per heavy atom. The Morgan fingerprint density at radius 2 is 2.05 bits per heavy atom. The van der Waals surface area contributed by atoms with E-state index >= 15 is 0 Å². The number of amides is 1. The van der Waals surface area contributed by atoms with Crippen molar-refractivity contribution in [3.63, 3.8) is 0 Å².